The van der Waals surface area contributed by atoms with Crippen molar-refractivity contribution in [2.75, 3.05) is 13.1 Å². The summed E-state index contributed by atoms with van der Waals surface area (Å²) in [4.78, 5) is 1.45. The van der Waals surface area contributed by atoms with E-state index in [0.717, 1.165) is 32.4 Å². The fourth-order valence-electron chi connectivity index (χ4n) is 3.37. The van der Waals surface area contributed by atoms with E-state index in [9.17, 15) is 4.39 Å². The molecule has 0 aromatic carbocycles. The zero-order valence-electron chi connectivity index (χ0n) is 10.4. The molecular weight excluding hydrogens is 203 g/mol. The van der Waals surface area contributed by atoms with Gasteiger partial charge < -0.3 is 4.90 Å². The van der Waals surface area contributed by atoms with Crippen molar-refractivity contribution in [1.82, 2.24) is 0 Å². The van der Waals surface area contributed by atoms with Gasteiger partial charge in [-0.15, -0.1) is 0 Å². The van der Waals surface area contributed by atoms with Crippen molar-refractivity contribution in [3.05, 3.63) is 0 Å². The van der Waals surface area contributed by atoms with Crippen LogP contribution in [0.15, 0.2) is 0 Å². The number of hydrogen-bond donors (Lipinski definition) is 2. The van der Waals surface area contributed by atoms with Gasteiger partial charge in [0.2, 0.25) is 0 Å². The van der Waals surface area contributed by atoms with Crippen LogP contribution in [0.3, 0.4) is 0 Å². The summed E-state index contributed by atoms with van der Waals surface area (Å²) in [6.07, 6.45) is 6.32. The van der Waals surface area contributed by atoms with Gasteiger partial charge in [-0.2, -0.15) is 0 Å². The van der Waals surface area contributed by atoms with Crippen LogP contribution in [0.1, 0.15) is 45.4 Å². The minimum absolute atomic E-state index is 0.239. The normalized spacial score (nSPS) is 45.6. The Balaban J connectivity index is 1.87. The van der Waals surface area contributed by atoms with Crippen LogP contribution < -0.4 is 10.6 Å². The lowest BCUT2D eigenvalue weighted by molar-refractivity contribution is -0.938. The highest BCUT2D eigenvalue weighted by Gasteiger charge is 2.34. The first-order valence-corrected chi connectivity index (χ1v) is 6.92. The van der Waals surface area contributed by atoms with Crippen LogP contribution >= 0.6 is 0 Å². The summed E-state index contributed by atoms with van der Waals surface area (Å²) in [6.45, 7) is 4.35. The Kier molecular flexibility index (Phi) is 4.20. The molecule has 3 heteroatoms. The van der Waals surface area contributed by atoms with Gasteiger partial charge in [-0.1, -0.05) is 19.8 Å². The highest BCUT2D eigenvalue weighted by Crippen LogP contribution is 2.26. The average molecular weight is 229 g/mol. The van der Waals surface area contributed by atoms with E-state index < -0.39 is 6.17 Å². The van der Waals surface area contributed by atoms with Crippen molar-refractivity contribution in [3.8, 4) is 0 Å². The molecule has 3 N–H and O–H groups in total. The quantitative estimate of drug-likeness (QED) is 0.730. The lowest BCUT2D eigenvalue weighted by atomic mass is 9.86. The maximum atomic E-state index is 13.8. The van der Waals surface area contributed by atoms with Crippen LogP contribution in [0.5, 0.6) is 0 Å². The van der Waals surface area contributed by atoms with E-state index in [1.54, 1.807) is 0 Å². The number of piperidine rings is 1. The van der Waals surface area contributed by atoms with Crippen molar-refractivity contribution in [3.63, 3.8) is 0 Å². The molecule has 1 saturated carbocycles. The molecule has 0 spiro atoms. The number of nitrogens with two attached hydrogens (primary N) is 1. The zero-order chi connectivity index (χ0) is 11.5. The van der Waals surface area contributed by atoms with Gasteiger partial charge in [0.05, 0.1) is 13.1 Å². The van der Waals surface area contributed by atoms with E-state index in [-0.39, 0.29) is 12.1 Å². The molecule has 1 heterocycles. The van der Waals surface area contributed by atoms with Gasteiger partial charge in [-0.3, -0.25) is 5.73 Å². The van der Waals surface area contributed by atoms with Crippen molar-refractivity contribution in [2.24, 2.45) is 17.6 Å². The minimum atomic E-state index is -0.564. The fraction of sp³-hybridized carbons (Fsp3) is 1.00. The summed E-state index contributed by atoms with van der Waals surface area (Å²) < 4.78 is 13.8. The Morgan fingerprint density at radius 1 is 1.19 bits per heavy atom. The predicted molar refractivity (Wildman–Crippen MR) is 63.9 cm³/mol. The van der Waals surface area contributed by atoms with E-state index in [1.807, 2.05) is 0 Å². The summed E-state index contributed by atoms with van der Waals surface area (Å²) in [6, 6.07) is 0. The van der Waals surface area contributed by atoms with E-state index in [4.69, 9.17) is 5.73 Å². The van der Waals surface area contributed by atoms with Crippen molar-refractivity contribution in [2.45, 2.75) is 57.8 Å². The molecule has 0 aromatic heterocycles. The fourth-order valence-corrected chi connectivity index (χ4v) is 3.37. The van der Waals surface area contributed by atoms with Crippen LogP contribution in [0.25, 0.3) is 0 Å². The Labute approximate surface area is 98.4 Å². The maximum absolute atomic E-state index is 13.8. The van der Waals surface area contributed by atoms with Gasteiger partial charge in [0.1, 0.15) is 12.3 Å². The number of alkyl halides is 1. The van der Waals surface area contributed by atoms with Gasteiger partial charge in [-0.05, 0) is 25.7 Å². The molecule has 1 aliphatic carbocycles. The first kappa shape index (κ1) is 12.3. The van der Waals surface area contributed by atoms with Crippen molar-refractivity contribution < 1.29 is 9.29 Å². The molecule has 2 rings (SSSR count). The molecule has 0 bridgehead atoms. The van der Waals surface area contributed by atoms with Crippen LogP contribution in [-0.2, 0) is 0 Å². The summed E-state index contributed by atoms with van der Waals surface area (Å²) in [5.41, 5.74) is 6.23. The van der Waals surface area contributed by atoms with E-state index in [0.29, 0.717) is 5.92 Å². The molecule has 1 aliphatic heterocycles. The van der Waals surface area contributed by atoms with E-state index in [2.05, 4.69) is 6.92 Å². The zero-order valence-corrected chi connectivity index (χ0v) is 10.4. The molecule has 0 radical (unpaired) electrons. The maximum Gasteiger partial charge on any atom is 0.141 e. The van der Waals surface area contributed by atoms with Crippen molar-refractivity contribution in [1.29, 1.82) is 0 Å². The molecule has 94 valence electrons. The Morgan fingerprint density at radius 2 is 1.94 bits per heavy atom. The highest BCUT2D eigenvalue weighted by molar-refractivity contribution is 4.75. The molecule has 5 unspecified atom stereocenters. The minimum Gasteiger partial charge on any atom is -0.320 e. The molecule has 16 heavy (non-hydrogen) atoms. The highest BCUT2D eigenvalue weighted by atomic mass is 19.1. The molecule has 1 saturated heterocycles. The molecule has 2 nitrogen and oxygen atoms in total. The number of hydrogen-bond acceptors (Lipinski definition) is 1. The summed E-state index contributed by atoms with van der Waals surface area (Å²) in [7, 11) is 0. The number of quaternary nitrogens is 1. The molecule has 0 amide bonds. The molecule has 5 atom stereocenters. The SMILES string of the molecule is CC1CCC[NH+](CC2CCCCC2F)C1N. The average Bonchev–Trinajstić information content (AvgIpc) is 2.28. The Morgan fingerprint density at radius 3 is 2.69 bits per heavy atom. The van der Waals surface area contributed by atoms with Gasteiger partial charge in [0, 0.05) is 11.8 Å². The summed E-state index contributed by atoms with van der Waals surface area (Å²) >= 11 is 0. The lowest BCUT2D eigenvalue weighted by Crippen LogP contribution is -3.19. The second-order valence-corrected chi connectivity index (χ2v) is 5.82. The topological polar surface area (TPSA) is 30.5 Å². The number of nitrogens with one attached hydrogen (secondary N) is 1. The molecule has 2 aliphatic rings. The third kappa shape index (κ3) is 2.75. The second-order valence-electron chi connectivity index (χ2n) is 5.82. The third-order valence-electron chi connectivity index (χ3n) is 4.58. The molecular formula is C13H26FN2+. The number of rotatable bonds is 2. The van der Waals surface area contributed by atoms with Gasteiger partial charge in [-0.25, -0.2) is 4.39 Å². The first-order valence-electron chi connectivity index (χ1n) is 6.92. The summed E-state index contributed by atoms with van der Waals surface area (Å²) in [5, 5.41) is 0. The summed E-state index contributed by atoms with van der Waals surface area (Å²) in [5.74, 6) is 0.880. The smallest absolute Gasteiger partial charge is 0.141 e. The second kappa shape index (κ2) is 5.46. The van der Waals surface area contributed by atoms with Crippen LogP contribution in [0, 0.1) is 11.8 Å². The van der Waals surface area contributed by atoms with Gasteiger partial charge >= 0.3 is 0 Å². The van der Waals surface area contributed by atoms with Gasteiger partial charge in [0.25, 0.3) is 0 Å². The van der Waals surface area contributed by atoms with Crippen LogP contribution in [-0.4, -0.2) is 25.4 Å². The number of likely N-dealkylation sites (tertiary alicyclic amines) is 1. The van der Waals surface area contributed by atoms with Crippen LogP contribution in [0.4, 0.5) is 4.39 Å². The molecule has 2 fully saturated rings. The molecule has 0 aromatic rings. The van der Waals surface area contributed by atoms with Gasteiger partial charge in [0.15, 0.2) is 0 Å². The van der Waals surface area contributed by atoms with E-state index >= 15 is 0 Å². The van der Waals surface area contributed by atoms with E-state index in [1.165, 1.54) is 24.2 Å². The standard InChI is InChI=1S/C13H25FN2/c1-10-5-4-8-16(13(10)15)9-11-6-2-3-7-12(11)14/h10-13H,2-9,15H2,1H3/p+1. The largest absolute Gasteiger partial charge is 0.320 e. The lowest BCUT2D eigenvalue weighted by Gasteiger charge is -2.37. The van der Waals surface area contributed by atoms with Crippen molar-refractivity contribution >= 4 is 0 Å². The predicted octanol–water partition coefficient (Wildman–Crippen LogP) is 1.11. The Bertz CT molecular complexity index is 222. The third-order valence-corrected chi connectivity index (χ3v) is 4.58. The van der Waals surface area contributed by atoms with Crippen LogP contribution in [0.2, 0.25) is 0 Å². The number of halogens is 1. The first-order chi connectivity index (χ1) is 7.68. The Hall–Kier alpha value is -0.150. The monoisotopic (exact) mass is 229 g/mol.